The minimum absolute atomic E-state index is 0.0952. The van der Waals surface area contributed by atoms with Crippen LogP contribution in [0.15, 0.2) is 58.3 Å². The van der Waals surface area contributed by atoms with Gasteiger partial charge in [0.1, 0.15) is 16.5 Å². The van der Waals surface area contributed by atoms with Gasteiger partial charge in [-0.25, -0.2) is 18.4 Å². The first-order chi connectivity index (χ1) is 12.3. The molecule has 2 heterocycles. The summed E-state index contributed by atoms with van der Waals surface area (Å²) >= 11 is 3.06. The molecule has 0 aliphatic heterocycles. The summed E-state index contributed by atoms with van der Waals surface area (Å²) in [5.74, 6) is 1.35. The number of hydrogen-bond acceptors (Lipinski definition) is 6. The van der Waals surface area contributed by atoms with Gasteiger partial charge in [0, 0.05) is 29.0 Å². The third-order valence-corrected chi connectivity index (χ3v) is 5.85. The second-order valence-electron chi connectivity index (χ2n) is 5.23. The second-order valence-corrected chi connectivity index (χ2v) is 7.73. The number of halogens is 1. The highest BCUT2D eigenvalue weighted by molar-refractivity contribution is 9.10. The molecule has 0 bridgehead atoms. The van der Waals surface area contributed by atoms with E-state index in [0.29, 0.717) is 5.82 Å². The van der Waals surface area contributed by atoms with Crippen LogP contribution in [0.2, 0.25) is 0 Å². The molecule has 11 heteroatoms. The number of nitrogens with zero attached hydrogens (tertiary/aromatic N) is 4. The number of non-ortho nitro benzene ring substituents is 1. The molecule has 0 amide bonds. The summed E-state index contributed by atoms with van der Waals surface area (Å²) in [6.07, 6.45) is 4.76. The van der Waals surface area contributed by atoms with Crippen LogP contribution < -0.4 is 4.72 Å². The van der Waals surface area contributed by atoms with E-state index in [4.69, 9.17) is 0 Å². The Kier molecular flexibility index (Phi) is 4.74. The van der Waals surface area contributed by atoms with Gasteiger partial charge in [0.15, 0.2) is 0 Å². The zero-order valence-electron chi connectivity index (χ0n) is 13.3. The largest absolute Gasteiger partial charge is 0.288 e. The van der Waals surface area contributed by atoms with E-state index in [1.54, 1.807) is 29.1 Å². The number of aryl methyl sites for hydroxylation is 1. The van der Waals surface area contributed by atoms with E-state index in [-0.39, 0.29) is 20.7 Å². The van der Waals surface area contributed by atoms with Gasteiger partial charge in [-0.3, -0.25) is 19.4 Å². The average molecular weight is 438 g/mol. The molecule has 0 unspecified atom stereocenters. The predicted molar refractivity (Wildman–Crippen MR) is 97.7 cm³/mol. The molecular formula is C15H12BrN5O4S. The smallest absolute Gasteiger partial charge is 0.270 e. The van der Waals surface area contributed by atoms with Crippen molar-refractivity contribution in [3.63, 3.8) is 0 Å². The summed E-state index contributed by atoms with van der Waals surface area (Å²) in [4.78, 5) is 18.4. The van der Waals surface area contributed by atoms with Gasteiger partial charge in [0.25, 0.3) is 15.7 Å². The molecule has 26 heavy (non-hydrogen) atoms. The van der Waals surface area contributed by atoms with Crippen molar-refractivity contribution in [2.75, 3.05) is 4.72 Å². The van der Waals surface area contributed by atoms with Crippen LogP contribution in [0.25, 0.3) is 5.82 Å². The molecule has 0 spiro atoms. The van der Waals surface area contributed by atoms with E-state index in [0.717, 1.165) is 18.0 Å². The normalized spacial score (nSPS) is 11.3. The van der Waals surface area contributed by atoms with Gasteiger partial charge in [-0.15, -0.1) is 0 Å². The molecule has 0 aliphatic rings. The number of rotatable bonds is 5. The van der Waals surface area contributed by atoms with E-state index in [1.807, 2.05) is 6.92 Å². The number of anilines is 1. The first-order valence-corrected chi connectivity index (χ1v) is 9.49. The Morgan fingerprint density at radius 2 is 2.00 bits per heavy atom. The number of hydrogen-bond donors (Lipinski definition) is 1. The van der Waals surface area contributed by atoms with Crippen molar-refractivity contribution in [3.8, 4) is 5.82 Å². The molecule has 0 aliphatic carbocycles. The van der Waals surface area contributed by atoms with Crippen molar-refractivity contribution in [3.05, 3.63) is 69.3 Å². The van der Waals surface area contributed by atoms with Crippen LogP contribution in [0.1, 0.15) is 5.82 Å². The van der Waals surface area contributed by atoms with E-state index >= 15 is 0 Å². The van der Waals surface area contributed by atoms with Crippen molar-refractivity contribution in [1.82, 2.24) is 14.5 Å². The zero-order valence-corrected chi connectivity index (χ0v) is 15.7. The Hall–Kier alpha value is -2.79. The third-order valence-electron chi connectivity index (χ3n) is 3.49. The number of nitro benzene ring substituents is 1. The number of pyridine rings is 1. The highest BCUT2D eigenvalue weighted by atomic mass is 79.9. The number of nitrogens with one attached hydrogen (secondary N) is 1. The lowest BCUT2D eigenvalue weighted by molar-refractivity contribution is -0.385. The molecule has 134 valence electrons. The molecule has 1 aromatic carbocycles. The van der Waals surface area contributed by atoms with Gasteiger partial charge in [0.05, 0.1) is 16.8 Å². The minimum Gasteiger partial charge on any atom is -0.288 e. The zero-order chi connectivity index (χ0) is 18.9. The van der Waals surface area contributed by atoms with Crippen LogP contribution in [0.5, 0.6) is 0 Å². The summed E-state index contributed by atoms with van der Waals surface area (Å²) in [6, 6.07) is 6.65. The maximum atomic E-state index is 12.5. The van der Waals surface area contributed by atoms with Crippen LogP contribution in [-0.4, -0.2) is 27.9 Å². The molecule has 1 N–H and O–H groups in total. The van der Waals surface area contributed by atoms with Crippen molar-refractivity contribution in [2.24, 2.45) is 0 Å². The number of imidazole rings is 1. The Morgan fingerprint density at radius 3 is 2.54 bits per heavy atom. The first-order valence-electron chi connectivity index (χ1n) is 7.21. The molecule has 3 aromatic rings. The average Bonchev–Trinajstić information content (AvgIpc) is 3.01. The van der Waals surface area contributed by atoms with Gasteiger partial charge < -0.3 is 0 Å². The Morgan fingerprint density at radius 1 is 1.23 bits per heavy atom. The van der Waals surface area contributed by atoms with Crippen LogP contribution in [0, 0.1) is 17.0 Å². The second kappa shape index (κ2) is 6.84. The third kappa shape index (κ3) is 3.58. The maximum Gasteiger partial charge on any atom is 0.270 e. The monoisotopic (exact) mass is 437 g/mol. The lowest BCUT2D eigenvalue weighted by atomic mass is 10.3. The summed E-state index contributed by atoms with van der Waals surface area (Å²) < 4.78 is 29.3. The molecule has 9 nitrogen and oxygen atoms in total. The quantitative estimate of drug-likeness (QED) is 0.483. The van der Waals surface area contributed by atoms with Crippen molar-refractivity contribution in [2.45, 2.75) is 11.8 Å². The number of nitro groups is 1. The summed E-state index contributed by atoms with van der Waals surface area (Å²) in [6.45, 7) is 1.82. The number of sulfonamides is 1. The summed E-state index contributed by atoms with van der Waals surface area (Å²) in [7, 11) is -3.94. The fourth-order valence-corrected chi connectivity index (χ4v) is 4.35. The Balaban J connectivity index is 1.86. The van der Waals surface area contributed by atoms with Crippen LogP contribution >= 0.6 is 15.9 Å². The van der Waals surface area contributed by atoms with Crippen molar-refractivity contribution < 1.29 is 13.3 Å². The minimum atomic E-state index is -3.94. The molecular weight excluding hydrogens is 426 g/mol. The Labute approximate surface area is 157 Å². The van der Waals surface area contributed by atoms with E-state index in [1.165, 1.54) is 12.3 Å². The fourth-order valence-electron chi connectivity index (χ4n) is 2.24. The highest BCUT2D eigenvalue weighted by Crippen LogP contribution is 2.28. The molecule has 0 atom stereocenters. The molecule has 0 radical (unpaired) electrons. The van der Waals surface area contributed by atoms with Gasteiger partial charge in [-0.2, -0.15) is 0 Å². The van der Waals surface area contributed by atoms with Crippen LogP contribution in [0.4, 0.5) is 11.4 Å². The van der Waals surface area contributed by atoms with Crippen LogP contribution in [-0.2, 0) is 10.0 Å². The van der Waals surface area contributed by atoms with E-state index < -0.39 is 14.9 Å². The maximum absolute atomic E-state index is 12.5. The molecule has 2 aromatic heterocycles. The molecule has 0 fully saturated rings. The molecule has 3 rings (SSSR count). The van der Waals surface area contributed by atoms with Crippen LogP contribution in [0.3, 0.4) is 0 Å². The summed E-state index contributed by atoms with van der Waals surface area (Å²) in [5.41, 5.74) is 0.0503. The van der Waals surface area contributed by atoms with Crippen molar-refractivity contribution >= 4 is 37.3 Å². The summed E-state index contributed by atoms with van der Waals surface area (Å²) in [5, 5.41) is 10.8. The van der Waals surface area contributed by atoms with E-state index in [9.17, 15) is 18.5 Å². The van der Waals surface area contributed by atoms with Crippen molar-refractivity contribution in [1.29, 1.82) is 0 Å². The lowest BCUT2D eigenvalue weighted by Gasteiger charge is -2.10. The lowest BCUT2D eigenvalue weighted by Crippen LogP contribution is -2.14. The van der Waals surface area contributed by atoms with Gasteiger partial charge in [-0.05, 0) is 41.1 Å². The molecule has 0 saturated heterocycles. The number of benzene rings is 1. The Bertz CT molecular complexity index is 1080. The first kappa shape index (κ1) is 18.0. The molecule has 0 saturated carbocycles. The van der Waals surface area contributed by atoms with E-state index in [2.05, 4.69) is 30.6 Å². The predicted octanol–water partition coefficient (Wildman–Crippen LogP) is 3.05. The standard InChI is InChI=1S/C15H12BrN5O4S/c1-10-17-6-7-20(10)15-5-2-11(9-18-15)19-26(24,25)14-4-3-12(21(22)23)8-13(14)16/h2-9,19H,1H3. The topological polar surface area (TPSA) is 120 Å². The van der Waals surface area contributed by atoms with Gasteiger partial charge in [-0.1, -0.05) is 0 Å². The van der Waals surface area contributed by atoms with Gasteiger partial charge in [0.2, 0.25) is 0 Å². The fraction of sp³-hybridized carbons (Fsp3) is 0.0667. The SMILES string of the molecule is Cc1nccn1-c1ccc(NS(=O)(=O)c2ccc([N+](=O)[O-])cc2Br)cn1. The number of aromatic nitrogens is 3. The van der Waals surface area contributed by atoms with Gasteiger partial charge >= 0.3 is 0 Å². The highest BCUT2D eigenvalue weighted by Gasteiger charge is 2.20.